The monoisotopic (exact) mass is 514 g/mol. The van der Waals surface area contributed by atoms with Crippen LogP contribution in [0.3, 0.4) is 0 Å². The third-order valence-corrected chi connectivity index (χ3v) is 6.36. The van der Waals surface area contributed by atoms with Crippen LogP contribution >= 0.6 is 0 Å². The molecule has 1 N–H and O–H groups in total. The van der Waals surface area contributed by atoms with Gasteiger partial charge in [0.1, 0.15) is 18.1 Å². The van der Waals surface area contributed by atoms with E-state index in [0.29, 0.717) is 17.7 Å². The van der Waals surface area contributed by atoms with Crippen LogP contribution in [0.2, 0.25) is 0 Å². The van der Waals surface area contributed by atoms with Crippen molar-refractivity contribution in [1.82, 2.24) is 15.3 Å². The lowest BCUT2D eigenvalue weighted by molar-refractivity contribution is -0.122. The number of nitrogens with one attached hydrogen (secondary N) is 1. The molecule has 2 heterocycles. The third-order valence-electron chi connectivity index (χ3n) is 6.36. The predicted octanol–water partition coefficient (Wildman–Crippen LogP) is 5.56. The largest absolute Gasteiger partial charge is 0.451 e. The molecule has 0 bridgehead atoms. The standard InChI is InChI=1S/C30H31FN4O3/c1-20-12-14-32-17-25(20)27(28(36)33-15-13-21-6-5-7-23(31)16-21)35(29(37)26-18-38-19-34-26)24-10-8-22(9-11-24)30(2,3)4/h5-12,14,16-19,27H,13,15H2,1-4H3,(H,33,36). The summed E-state index contributed by atoms with van der Waals surface area (Å²) in [5.74, 6) is -1.22. The number of anilines is 1. The number of carbonyl (C=O) groups is 2. The van der Waals surface area contributed by atoms with Crippen LogP contribution in [0, 0.1) is 12.7 Å². The highest BCUT2D eigenvalue weighted by molar-refractivity contribution is 6.09. The second kappa shape index (κ2) is 11.4. The van der Waals surface area contributed by atoms with Crippen molar-refractivity contribution in [3.05, 3.63) is 113 Å². The fourth-order valence-corrected chi connectivity index (χ4v) is 4.23. The number of aryl methyl sites for hydroxylation is 1. The van der Waals surface area contributed by atoms with E-state index >= 15 is 0 Å². The van der Waals surface area contributed by atoms with Crippen molar-refractivity contribution in [3.63, 3.8) is 0 Å². The summed E-state index contributed by atoms with van der Waals surface area (Å²) in [5, 5.41) is 2.94. The van der Waals surface area contributed by atoms with Gasteiger partial charge in [-0.1, -0.05) is 45.0 Å². The number of hydrogen-bond donors (Lipinski definition) is 1. The molecule has 1 unspecified atom stereocenters. The van der Waals surface area contributed by atoms with Gasteiger partial charge in [-0.2, -0.15) is 0 Å². The Morgan fingerprint density at radius 3 is 2.50 bits per heavy atom. The highest BCUT2D eigenvalue weighted by atomic mass is 19.1. The maximum Gasteiger partial charge on any atom is 0.281 e. The number of pyridine rings is 1. The van der Waals surface area contributed by atoms with Gasteiger partial charge in [-0.05, 0) is 65.8 Å². The average molecular weight is 515 g/mol. The fraction of sp³-hybridized carbons (Fsp3) is 0.267. The number of aromatic nitrogens is 2. The van der Waals surface area contributed by atoms with Gasteiger partial charge in [-0.15, -0.1) is 0 Å². The number of amides is 2. The molecule has 2 amide bonds. The molecule has 2 aromatic heterocycles. The third kappa shape index (κ3) is 6.14. The second-order valence-electron chi connectivity index (χ2n) is 10.2. The van der Waals surface area contributed by atoms with Crippen LogP contribution in [-0.4, -0.2) is 28.3 Å². The number of hydrogen-bond acceptors (Lipinski definition) is 5. The molecule has 4 aromatic rings. The zero-order chi connectivity index (χ0) is 27.3. The second-order valence-corrected chi connectivity index (χ2v) is 10.2. The summed E-state index contributed by atoms with van der Waals surface area (Å²) in [7, 11) is 0. The summed E-state index contributed by atoms with van der Waals surface area (Å²) in [4.78, 5) is 37.3. The molecule has 0 saturated heterocycles. The Hall–Kier alpha value is -4.33. The number of nitrogens with zero attached hydrogens (tertiary/aromatic N) is 3. The minimum Gasteiger partial charge on any atom is -0.451 e. The normalized spacial score (nSPS) is 12.1. The van der Waals surface area contributed by atoms with E-state index in [9.17, 15) is 14.0 Å². The Bertz CT molecular complexity index is 1400. The highest BCUT2D eigenvalue weighted by Gasteiger charge is 2.35. The number of carbonyl (C=O) groups excluding carboxylic acids is 2. The smallest absolute Gasteiger partial charge is 0.281 e. The summed E-state index contributed by atoms with van der Waals surface area (Å²) < 4.78 is 18.7. The van der Waals surface area contributed by atoms with Gasteiger partial charge in [0.25, 0.3) is 5.91 Å². The van der Waals surface area contributed by atoms with E-state index in [-0.39, 0.29) is 23.5 Å². The molecule has 0 fully saturated rings. The maximum absolute atomic E-state index is 13.8. The highest BCUT2D eigenvalue weighted by Crippen LogP contribution is 2.33. The lowest BCUT2D eigenvalue weighted by Crippen LogP contribution is -2.45. The van der Waals surface area contributed by atoms with Gasteiger partial charge in [0, 0.05) is 30.2 Å². The van der Waals surface area contributed by atoms with Gasteiger partial charge >= 0.3 is 0 Å². The molecule has 0 radical (unpaired) electrons. The fourth-order valence-electron chi connectivity index (χ4n) is 4.23. The van der Waals surface area contributed by atoms with Gasteiger partial charge in [-0.3, -0.25) is 19.5 Å². The van der Waals surface area contributed by atoms with Crippen molar-refractivity contribution in [2.45, 2.75) is 45.6 Å². The van der Waals surface area contributed by atoms with E-state index in [2.05, 4.69) is 36.1 Å². The molecule has 4 rings (SSSR count). The Morgan fingerprint density at radius 1 is 1.11 bits per heavy atom. The van der Waals surface area contributed by atoms with Gasteiger partial charge in [0.05, 0.1) is 0 Å². The van der Waals surface area contributed by atoms with Gasteiger partial charge in [0.2, 0.25) is 5.91 Å². The minimum atomic E-state index is -1.04. The van der Waals surface area contributed by atoms with Crippen molar-refractivity contribution in [3.8, 4) is 0 Å². The Labute approximate surface area is 221 Å². The molecule has 196 valence electrons. The molecule has 8 heteroatoms. The Morgan fingerprint density at radius 2 is 1.87 bits per heavy atom. The Balaban J connectivity index is 1.73. The molecule has 7 nitrogen and oxygen atoms in total. The van der Waals surface area contributed by atoms with Crippen LogP contribution in [0.15, 0.2) is 84.1 Å². The first-order chi connectivity index (χ1) is 18.1. The van der Waals surface area contributed by atoms with Crippen molar-refractivity contribution in [2.24, 2.45) is 0 Å². The van der Waals surface area contributed by atoms with E-state index in [1.807, 2.05) is 31.2 Å². The van der Waals surface area contributed by atoms with Crippen molar-refractivity contribution < 1.29 is 18.4 Å². The summed E-state index contributed by atoms with van der Waals surface area (Å²) in [6, 6.07) is 14.6. The number of benzene rings is 2. The number of halogens is 1. The van der Waals surface area contributed by atoms with E-state index < -0.39 is 17.9 Å². The molecule has 0 spiro atoms. The maximum atomic E-state index is 13.8. The first kappa shape index (κ1) is 26.7. The SMILES string of the molecule is Cc1ccncc1C(C(=O)NCCc1cccc(F)c1)N(C(=O)c1cocn1)c1ccc(C(C)(C)C)cc1. The molecule has 2 aromatic carbocycles. The quantitative estimate of drug-likeness (QED) is 0.333. The Kier molecular flexibility index (Phi) is 8.00. The molecule has 0 saturated carbocycles. The number of rotatable bonds is 8. The molecular weight excluding hydrogens is 483 g/mol. The van der Waals surface area contributed by atoms with Crippen LogP contribution < -0.4 is 10.2 Å². The van der Waals surface area contributed by atoms with Gasteiger partial charge in [0.15, 0.2) is 12.1 Å². The predicted molar refractivity (Wildman–Crippen MR) is 143 cm³/mol. The summed E-state index contributed by atoms with van der Waals surface area (Å²) in [5.41, 5.74) is 3.73. The number of oxazole rings is 1. The molecule has 0 aliphatic rings. The summed E-state index contributed by atoms with van der Waals surface area (Å²) in [6.07, 6.45) is 6.10. The van der Waals surface area contributed by atoms with Crippen LogP contribution in [0.5, 0.6) is 0 Å². The lowest BCUT2D eigenvalue weighted by atomic mass is 9.87. The van der Waals surface area contributed by atoms with E-state index in [0.717, 1.165) is 16.7 Å². The van der Waals surface area contributed by atoms with Crippen LogP contribution in [0.4, 0.5) is 10.1 Å². The molecular formula is C30H31FN4O3. The minimum absolute atomic E-state index is 0.0732. The topological polar surface area (TPSA) is 88.3 Å². The summed E-state index contributed by atoms with van der Waals surface area (Å²) in [6.45, 7) is 8.44. The molecule has 1 atom stereocenters. The van der Waals surface area contributed by atoms with Crippen LogP contribution in [-0.2, 0) is 16.6 Å². The first-order valence-corrected chi connectivity index (χ1v) is 12.4. The summed E-state index contributed by atoms with van der Waals surface area (Å²) >= 11 is 0. The lowest BCUT2D eigenvalue weighted by Gasteiger charge is -2.32. The van der Waals surface area contributed by atoms with Crippen LogP contribution in [0.25, 0.3) is 0 Å². The zero-order valence-corrected chi connectivity index (χ0v) is 21.9. The van der Waals surface area contributed by atoms with E-state index in [4.69, 9.17) is 4.42 Å². The van der Waals surface area contributed by atoms with Gasteiger partial charge < -0.3 is 9.73 Å². The first-order valence-electron chi connectivity index (χ1n) is 12.4. The van der Waals surface area contributed by atoms with E-state index in [1.165, 1.54) is 29.7 Å². The molecule has 38 heavy (non-hydrogen) atoms. The zero-order valence-electron chi connectivity index (χ0n) is 21.9. The molecule has 0 aliphatic heterocycles. The molecule has 0 aliphatic carbocycles. The van der Waals surface area contributed by atoms with Crippen LogP contribution in [0.1, 0.15) is 59.6 Å². The van der Waals surface area contributed by atoms with Gasteiger partial charge in [-0.25, -0.2) is 9.37 Å². The van der Waals surface area contributed by atoms with E-state index in [1.54, 1.807) is 30.6 Å². The van der Waals surface area contributed by atoms with Crippen molar-refractivity contribution in [2.75, 3.05) is 11.4 Å². The van der Waals surface area contributed by atoms with Crippen molar-refractivity contribution >= 4 is 17.5 Å². The van der Waals surface area contributed by atoms with Crippen molar-refractivity contribution in [1.29, 1.82) is 0 Å². The average Bonchev–Trinajstić information content (AvgIpc) is 3.42.